The molecule has 0 amide bonds. The molecule has 1 atom stereocenters. The van der Waals surface area contributed by atoms with Crippen molar-refractivity contribution in [1.29, 1.82) is 0 Å². The van der Waals surface area contributed by atoms with Crippen LogP contribution in [0.3, 0.4) is 0 Å². The molecule has 34 heavy (non-hydrogen) atoms. The third kappa shape index (κ3) is 3.31. The molecule has 0 saturated heterocycles. The van der Waals surface area contributed by atoms with Gasteiger partial charge >= 0.3 is 5.97 Å². The van der Waals surface area contributed by atoms with Gasteiger partial charge in [0.2, 0.25) is 8.32 Å². The van der Waals surface area contributed by atoms with Gasteiger partial charge < -0.3 is 18.8 Å². The number of fused-ring (bicyclic) bond motifs is 5. The molecule has 178 valence electrons. The quantitative estimate of drug-likeness (QED) is 0.325. The van der Waals surface area contributed by atoms with Crippen LogP contribution >= 0.6 is 0 Å². The molecule has 2 aromatic heterocycles. The van der Waals surface area contributed by atoms with Crippen LogP contribution in [0.4, 0.5) is 0 Å². The summed E-state index contributed by atoms with van der Waals surface area (Å²) >= 11 is 0. The van der Waals surface area contributed by atoms with Crippen molar-refractivity contribution in [3.05, 3.63) is 56.9 Å². The zero-order valence-corrected chi connectivity index (χ0v) is 21.1. The number of aryl methyl sites for hydroxylation is 1. The number of aliphatic hydroxyl groups excluding tert-OH is 1. The van der Waals surface area contributed by atoms with Crippen LogP contribution in [0.5, 0.6) is 5.75 Å². The van der Waals surface area contributed by atoms with E-state index in [1.54, 1.807) is 10.6 Å². The minimum atomic E-state index is -1.81. The Bertz CT molecular complexity index is 1370. The Labute approximate surface area is 199 Å². The average molecular weight is 479 g/mol. The van der Waals surface area contributed by atoms with Gasteiger partial charge in [0.1, 0.15) is 12.4 Å². The molecule has 0 unspecified atom stereocenters. The number of ether oxygens (including phenoxy) is 1. The number of aromatic nitrogens is 2. The number of esters is 1. The molecule has 8 heteroatoms. The molecule has 0 spiro atoms. The van der Waals surface area contributed by atoms with Crippen molar-refractivity contribution in [2.75, 3.05) is 0 Å². The molecule has 2 aliphatic heterocycles. The predicted molar refractivity (Wildman–Crippen MR) is 132 cm³/mol. The highest BCUT2D eigenvalue weighted by molar-refractivity contribution is 6.74. The largest absolute Gasteiger partial charge is 0.543 e. The van der Waals surface area contributed by atoms with Gasteiger partial charge in [0.15, 0.2) is 6.10 Å². The first-order valence-electron chi connectivity index (χ1n) is 12.1. The van der Waals surface area contributed by atoms with E-state index in [1.807, 2.05) is 12.1 Å². The van der Waals surface area contributed by atoms with E-state index in [-0.39, 0.29) is 12.2 Å². The number of cyclic esters (lactones) is 1. The third-order valence-corrected chi connectivity index (χ3v) is 12.2. The summed E-state index contributed by atoms with van der Waals surface area (Å²) in [5.41, 5.74) is 4.80. The summed E-state index contributed by atoms with van der Waals surface area (Å²) in [6.07, 6.45) is -0.660. The van der Waals surface area contributed by atoms with Crippen molar-refractivity contribution >= 4 is 25.2 Å². The summed E-state index contributed by atoms with van der Waals surface area (Å²) in [6, 6.07) is 11.0. The summed E-state index contributed by atoms with van der Waals surface area (Å²) in [5.74, 6) is 0.164. The molecule has 1 aromatic carbocycles. The number of rotatable bonds is 6. The van der Waals surface area contributed by atoms with Gasteiger partial charge in [-0.05, 0) is 54.4 Å². The first-order valence-corrected chi connectivity index (χ1v) is 14.7. The van der Waals surface area contributed by atoms with E-state index in [2.05, 4.69) is 33.8 Å². The fraction of sp³-hybridized carbons (Fsp3) is 0.423. The van der Waals surface area contributed by atoms with Gasteiger partial charge in [0, 0.05) is 16.5 Å². The summed E-state index contributed by atoms with van der Waals surface area (Å²) < 4.78 is 13.3. The van der Waals surface area contributed by atoms with Crippen LogP contribution in [-0.2, 0) is 29.1 Å². The van der Waals surface area contributed by atoms with E-state index < -0.39 is 20.4 Å². The average Bonchev–Trinajstić information content (AvgIpc) is 3.22. The van der Waals surface area contributed by atoms with Gasteiger partial charge in [0.25, 0.3) is 5.56 Å². The summed E-state index contributed by atoms with van der Waals surface area (Å²) in [4.78, 5) is 30.1. The smallest absolute Gasteiger partial charge is 0.340 e. The van der Waals surface area contributed by atoms with Crippen molar-refractivity contribution in [3.63, 3.8) is 0 Å². The molecule has 5 rings (SSSR count). The number of nitrogens with zero attached hydrogens (tertiary/aromatic N) is 2. The summed E-state index contributed by atoms with van der Waals surface area (Å²) in [5, 5.41) is 11.4. The Kier molecular flexibility index (Phi) is 5.60. The van der Waals surface area contributed by atoms with Crippen LogP contribution in [0.1, 0.15) is 56.1 Å². The highest BCUT2D eigenvalue weighted by Crippen LogP contribution is 2.39. The highest BCUT2D eigenvalue weighted by Gasteiger charge is 2.35. The SMILES string of the molecule is CCc1c2c(nc3ccc(O[Si](CC)(CC)CC)cc13)-c1cc3c(c(=O)n1C2)COC(=O)[C@H]3O. The van der Waals surface area contributed by atoms with Crippen LogP contribution in [0.25, 0.3) is 22.3 Å². The van der Waals surface area contributed by atoms with Gasteiger partial charge in [-0.3, -0.25) is 4.79 Å². The molecular weight excluding hydrogens is 448 g/mol. The highest BCUT2D eigenvalue weighted by atomic mass is 28.4. The molecule has 0 fully saturated rings. The maximum Gasteiger partial charge on any atom is 0.340 e. The summed E-state index contributed by atoms with van der Waals surface area (Å²) in [7, 11) is -1.81. The van der Waals surface area contributed by atoms with Crippen LogP contribution in [0.2, 0.25) is 18.1 Å². The lowest BCUT2D eigenvalue weighted by Crippen LogP contribution is -2.39. The molecular formula is C26H30N2O5Si. The third-order valence-electron chi connectivity index (χ3n) is 7.67. The molecule has 0 aliphatic carbocycles. The monoisotopic (exact) mass is 478 g/mol. The minimum Gasteiger partial charge on any atom is -0.543 e. The second kappa shape index (κ2) is 8.36. The first kappa shape index (κ1) is 22.8. The number of carbonyl (C=O) groups is 1. The van der Waals surface area contributed by atoms with Gasteiger partial charge in [-0.15, -0.1) is 0 Å². The fourth-order valence-electron chi connectivity index (χ4n) is 5.37. The first-order chi connectivity index (χ1) is 16.4. The van der Waals surface area contributed by atoms with Crippen molar-refractivity contribution in [1.82, 2.24) is 9.55 Å². The van der Waals surface area contributed by atoms with Gasteiger partial charge in [-0.1, -0.05) is 27.7 Å². The van der Waals surface area contributed by atoms with Crippen LogP contribution in [0, 0.1) is 0 Å². The number of aliphatic hydroxyl groups is 1. The topological polar surface area (TPSA) is 90.6 Å². The Hall–Kier alpha value is -2.97. The van der Waals surface area contributed by atoms with Gasteiger partial charge in [0.05, 0.1) is 29.0 Å². The van der Waals surface area contributed by atoms with Crippen LogP contribution in [0.15, 0.2) is 29.1 Å². The van der Waals surface area contributed by atoms with E-state index in [9.17, 15) is 14.7 Å². The lowest BCUT2D eigenvalue weighted by molar-refractivity contribution is -0.157. The molecule has 4 heterocycles. The minimum absolute atomic E-state index is 0.116. The number of pyridine rings is 2. The maximum absolute atomic E-state index is 13.2. The normalized spacial score (nSPS) is 16.7. The van der Waals surface area contributed by atoms with Crippen molar-refractivity contribution in [3.8, 4) is 17.1 Å². The number of hydrogen-bond donors (Lipinski definition) is 1. The van der Waals surface area contributed by atoms with E-state index in [0.717, 1.165) is 58.0 Å². The van der Waals surface area contributed by atoms with Gasteiger partial charge in [-0.25, -0.2) is 9.78 Å². The molecule has 2 aliphatic rings. The standard InChI is InChI=1S/C26H30N2O5Si/c1-5-16-17-11-15(33-34(6-2,7-3)8-4)9-10-21(17)27-23-19(16)13-28-22(23)12-18-20(25(28)30)14-32-26(31)24(18)29/h9-12,24,29H,5-8,13-14H2,1-4H3/t24-/m0/s1. The lowest BCUT2D eigenvalue weighted by Gasteiger charge is -2.29. The number of hydrogen-bond acceptors (Lipinski definition) is 6. The molecule has 0 radical (unpaired) electrons. The van der Waals surface area contributed by atoms with E-state index >= 15 is 0 Å². The molecule has 0 bridgehead atoms. The zero-order valence-electron chi connectivity index (χ0n) is 20.1. The van der Waals surface area contributed by atoms with Crippen molar-refractivity contribution < 1.29 is 19.1 Å². The predicted octanol–water partition coefficient (Wildman–Crippen LogP) is 4.46. The Morgan fingerprint density at radius 2 is 1.85 bits per heavy atom. The van der Waals surface area contributed by atoms with E-state index in [1.165, 1.54) is 0 Å². The number of carbonyl (C=O) groups excluding carboxylic acids is 1. The molecule has 0 saturated carbocycles. The van der Waals surface area contributed by atoms with E-state index in [4.69, 9.17) is 14.1 Å². The van der Waals surface area contributed by atoms with Crippen LogP contribution < -0.4 is 9.99 Å². The van der Waals surface area contributed by atoms with Gasteiger partial charge in [-0.2, -0.15) is 0 Å². The molecule has 1 N–H and O–H groups in total. The maximum atomic E-state index is 13.2. The van der Waals surface area contributed by atoms with E-state index in [0.29, 0.717) is 23.4 Å². The van der Waals surface area contributed by atoms with Crippen molar-refractivity contribution in [2.24, 2.45) is 0 Å². The zero-order chi connectivity index (χ0) is 24.2. The Morgan fingerprint density at radius 3 is 2.53 bits per heavy atom. The Morgan fingerprint density at radius 1 is 1.12 bits per heavy atom. The number of benzene rings is 1. The summed E-state index contributed by atoms with van der Waals surface area (Å²) in [6.45, 7) is 9.06. The van der Waals surface area contributed by atoms with Crippen LogP contribution in [-0.4, -0.2) is 28.9 Å². The lowest BCUT2D eigenvalue weighted by atomic mass is 9.97. The van der Waals surface area contributed by atoms with Crippen molar-refractivity contribution in [2.45, 2.75) is 71.5 Å². The Balaban J connectivity index is 1.66. The second-order valence-corrected chi connectivity index (χ2v) is 13.9. The molecule has 3 aromatic rings. The molecule has 7 nitrogen and oxygen atoms in total. The second-order valence-electron chi connectivity index (χ2n) is 9.16. The fourth-order valence-corrected chi connectivity index (χ4v) is 7.93.